The van der Waals surface area contributed by atoms with Crippen LogP contribution in [0.1, 0.15) is 73.7 Å². The number of nitrogens with zero attached hydrogens (tertiary/aromatic N) is 2. The summed E-state index contributed by atoms with van der Waals surface area (Å²) in [6.07, 6.45) is 9.86. The van der Waals surface area contributed by atoms with Gasteiger partial charge in [0.1, 0.15) is 0 Å². The number of hydrogen-bond donors (Lipinski definition) is 1. The van der Waals surface area contributed by atoms with Crippen LogP contribution in [0.15, 0.2) is 23.1 Å². The first-order valence-electron chi connectivity index (χ1n) is 11.3. The lowest BCUT2D eigenvalue weighted by atomic mass is 9.88. The van der Waals surface area contributed by atoms with Gasteiger partial charge < -0.3 is 10.2 Å². The van der Waals surface area contributed by atoms with Gasteiger partial charge in [-0.2, -0.15) is 4.31 Å². The van der Waals surface area contributed by atoms with Crippen LogP contribution in [0.25, 0.3) is 0 Å². The minimum Gasteiger partial charge on any atom is -0.350 e. The van der Waals surface area contributed by atoms with E-state index in [1.807, 2.05) is 6.92 Å². The average molecular weight is 436 g/mol. The molecule has 0 aromatic heterocycles. The maximum absolute atomic E-state index is 13.1. The van der Waals surface area contributed by atoms with Crippen molar-refractivity contribution in [2.75, 3.05) is 33.7 Å². The molecule has 0 radical (unpaired) electrons. The fraction of sp³-hybridized carbons (Fsp3) is 0.696. The standard InChI is InChI=1S/C23H37N3O3S/c1-19-11-12-20(30(28,29)26-15-9-6-10-16-26)17-21(19)22(27)24-18-23(25(2)3)13-7-4-5-8-14-23/h11-12,17H,4-10,13-16,18H2,1-3H3,(H,24,27). The molecule has 6 nitrogen and oxygen atoms in total. The molecule has 1 aromatic carbocycles. The molecule has 168 valence electrons. The van der Waals surface area contributed by atoms with E-state index >= 15 is 0 Å². The van der Waals surface area contributed by atoms with Gasteiger partial charge in [0, 0.05) is 30.7 Å². The summed E-state index contributed by atoms with van der Waals surface area (Å²) in [4.78, 5) is 15.5. The van der Waals surface area contributed by atoms with Crippen molar-refractivity contribution in [3.05, 3.63) is 29.3 Å². The first-order chi connectivity index (χ1) is 14.3. The molecule has 0 bridgehead atoms. The summed E-state index contributed by atoms with van der Waals surface area (Å²) in [6, 6.07) is 4.94. The SMILES string of the molecule is Cc1ccc(S(=O)(=O)N2CCCCC2)cc1C(=O)NCC1(N(C)C)CCCCCC1. The zero-order valence-corrected chi connectivity index (χ0v) is 19.6. The van der Waals surface area contributed by atoms with Crippen molar-refractivity contribution in [2.24, 2.45) is 0 Å². The van der Waals surface area contributed by atoms with E-state index in [2.05, 4.69) is 24.3 Å². The Morgan fingerprint density at radius 2 is 1.63 bits per heavy atom. The first kappa shape index (κ1) is 23.2. The summed E-state index contributed by atoms with van der Waals surface area (Å²) in [5, 5.41) is 3.13. The minimum atomic E-state index is -3.56. The van der Waals surface area contributed by atoms with Gasteiger partial charge in [-0.05, 0) is 64.4 Å². The van der Waals surface area contributed by atoms with Crippen molar-refractivity contribution in [3.8, 4) is 0 Å². The lowest BCUT2D eigenvalue weighted by molar-refractivity contribution is 0.0868. The van der Waals surface area contributed by atoms with E-state index in [0.29, 0.717) is 25.2 Å². The maximum atomic E-state index is 13.1. The number of benzene rings is 1. The van der Waals surface area contributed by atoms with Gasteiger partial charge in [-0.1, -0.05) is 38.2 Å². The molecule has 30 heavy (non-hydrogen) atoms. The summed E-state index contributed by atoms with van der Waals surface area (Å²) >= 11 is 0. The van der Waals surface area contributed by atoms with Crippen molar-refractivity contribution < 1.29 is 13.2 Å². The van der Waals surface area contributed by atoms with E-state index in [0.717, 1.165) is 37.7 Å². The second kappa shape index (κ2) is 9.79. The smallest absolute Gasteiger partial charge is 0.251 e. The highest BCUT2D eigenvalue weighted by Crippen LogP contribution is 2.31. The number of carbonyl (C=O) groups excluding carboxylic acids is 1. The number of sulfonamides is 1. The number of nitrogens with one attached hydrogen (secondary N) is 1. The van der Waals surface area contributed by atoms with Gasteiger partial charge in [0.15, 0.2) is 0 Å². The summed E-state index contributed by atoms with van der Waals surface area (Å²) in [6.45, 7) is 3.56. The number of rotatable bonds is 6. The van der Waals surface area contributed by atoms with E-state index in [4.69, 9.17) is 0 Å². The fourth-order valence-electron chi connectivity index (χ4n) is 4.77. The van der Waals surface area contributed by atoms with E-state index in [1.54, 1.807) is 22.5 Å². The van der Waals surface area contributed by atoms with Gasteiger partial charge in [-0.3, -0.25) is 4.79 Å². The van der Waals surface area contributed by atoms with Crippen LogP contribution in [0, 0.1) is 6.92 Å². The summed E-state index contributed by atoms with van der Waals surface area (Å²) in [7, 11) is 0.628. The molecule has 2 aliphatic rings. The highest BCUT2D eigenvalue weighted by molar-refractivity contribution is 7.89. The number of aryl methyl sites for hydroxylation is 1. The zero-order chi connectivity index (χ0) is 21.8. The largest absolute Gasteiger partial charge is 0.350 e. The van der Waals surface area contributed by atoms with E-state index in [-0.39, 0.29) is 16.3 Å². The molecule has 0 atom stereocenters. The molecular formula is C23H37N3O3S. The lowest BCUT2D eigenvalue weighted by Crippen LogP contribution is -2.52. The second-order valence-corrected chi connectivity index (χ2v) is 11.1. The van der Waals surface area contributed by atoms with Crippen molar-refractivity contribution in [1.82, 2.24) is 14.5 Å². The Balaban J connectivity index is 1.78. The molecule has 7 heteroatoms. The van der Waals surface area contributed by atoms with Gasteiger partial charge in [0.2, 0.25) is 10.0 Å². The van der Waals surface area contributed by atoms with Crippen molar-refractivity contribution >= 4 is 15.9 Å². The highest BCUT2D eigenvalue weighted by Gasteiger charge is 2.34. The Kier molecular flexibility index (Phi) is 7.58. The number of likely N-dealkylation sites (N-methyl/N-ethyl adjacent to an activating group) is 1. The maximum Gasteiger partial charge on any atom is 0.251 e. The van der Waals surface area contributed by atoms with Gasteiger partial charge in [-0.25, -0.2) is 8.42 Å². The Bertz CT molecular complexity index is 837. The second-order valence-electron chi connectivity index (χ2n) is 9.16. The van der Waals surface area contributed by atoms with E-state index in [1.165, 1.54) is 25.7 Å². The Morgan fingerprint density at radius 3 is 2.23 bits per heavy atom. The van der Waals surface area contributed by atoms with Crippen LogP contribution in [0.5, 0.6) is 0 Å². The number of hydrogen-bond acceptors (Lipinski definition) is 4. The minimum absolute atomic E-state index is 0.0302. The molecule has 1 aromatic rings. The molecule has 1 aliphatic heterocycles. The Morgan fingerprint density at radius 1 is 1.03 bits per heavy atom. The third kappa shape index (κ3) is 5.06. The van der Waals surface area contributed by atoms with Gasteiger partial charge in [-0.15, -0.1) is 0 Å². The predicted molar refractivity (Wildman–Crippen MR) is 120 cm³/mol. The predicted octanol–water partition coefficient (Wildman–Crippen LogP) is 3.55. The number of carbonyl (C=O) groups is 1. The molecule has 1 saturated carbocycles. The van der Waals surface area contributed by atoms with E-state index in [9.17, 15) is 13.2 Å². The van der Waals surface area contributed by atoms with Crippen LogP contribution in [0.2, 0.25) is 0 Å². The summed E-state index contributed by atoms with van der Waals surface area (Å²) in [5.41, 5.74) is 1.22. The third-order valence-corrected chi connectivity index (χ3v) is 8.86. The monoisotopic (exact) mass is 435 g/mol. The molecule has 0 spiro atoms. The fourth-order valence-corrected chi connectivity index (χ4v) is 6.31. The quantitative estimate of drug-likeness (QED) is 0.694. The summed E-state index contributed by atoms with van der Waals surface area (Å²) in [5.74, 6) is -0.186. The summed E-state index contributed by atoms with van der Waals surface area (Å²) < 4.78 is 27.6. The average Bonchev–Trinajstić information content (AvgIpc) is 2.99. The molecule has 1 aliphatic carbocycles. The Hall–Kier alpha value is -1.44. The molecule has 1 N–H and O–H groups in total. The van der Waals surface area contributed by atoms with Crippen molar-refractivity contribution in [1.29, 1.82) is 0 Å². The normalized spacial score (nSPS) is 20.7. The molecule has 2 fully saturated rings. The van der Waals surface area contributed by atoms with Crippen LogP contribution in [-0.2, 0) is 10.0 Å². The van der Waals surface area contributed by atoms with Gasteiger partial charge in [0.05, 0.1) is 4.90 Å². The zero-order valence-electron chi connectivity index (χ0n) is 18.7. The van der Waals surface area contributed by atoms with E-state index < -0.39 is 10.0 Å². The first-order valence-corrected chi connectivity index (χ1v) is 12.8. The molecule has 0 unspecified atom stereocenters. The van der Waals surface area contributed by atoms with Gasteiger partial charge >= 0.3 is 0 Å². The van der Waals surface area contributed by atoms with Crippen LogP contribution in [0.4, 0.5) is 0 Å². The van der Waals surface area contributed by atoms with Crippen LogP contribution in [-0.4, -0.2) is 62.8 Å². The number of piperidine rings is 1. The Labute approximate surface area is 182 Å². The third-order valence-electron chi connectivity index (χ3n) is 6.97. The van der Waals surface area contributed by atoms with Crippen molar-refractivity contribution in [3.63, 3.8) is 0 Å². The van der Waals surface area contributed by atoms with Crippen LogP contribution in [0.3, 0.4) is 0 Å². The molecule has 3 rings (SSSR count). The molecule has 1 saturated heterocycles. The highest BCUT2D eigenvalue weighted by atomic mass is 32.2. The van der Waals surface area contributed by atoms with Crippen LogP contribution >= 0.6 is 0 Å². The van der Waals surface area contributed by atoms with Crippen molar-refractivity contribution in [2.45, 2.75) is 75.1 Å². The molecule has 1 heterocycles. The lowest BCUT2D eigenvalue weighted by Gasteiger charge is -2.39. The molecular weight excluding hydrogens is 398 g/mol. The van der Waals surface area contributed by atoms with Crippen LogP contribution < -0.4 is 5.32 Å². The topological polar surface area (TPSA) is 69.7 Å². The number of amides is 1. The van der Waals surface area contributed by atoms with Gasteiger partial charge in [0.25, 0.3) is 5.91 Å². The molecule has 1 amide bonds.